The molecule has 68 heavy (non-hydrogen) atoms. The van der Waals surface area contributed by atoms with Crippen molar-refractivity contribution in [3.8, 4) is 22.3 Å². The fraction of sp³-hybridized carbons (Fsp3) is 0.406. The maximum Gasteiger partial charge on any atom is -0.0178 e. The van der Waals surface area contributed by atoms with Crippen LogP contribution in [0.2, 0.25) is 12.6 Å². The van der Waals surface area contributed by atoms with Crippen molar-refractivity contribution in [2.24, 2.45) is 46.3 Å². The van der Waals surface area contributed by atoms with Gasteiger partial charge in [-0.25, -0.2) is 0 Å². The van der Waals surface area contributed by atoms with Crippen molar-refractivity contribution in [3.63, 3.8) is 0 Å². The van der Waals surface area contributed by atoms with E-state index < -0.39 is 20.8 Å². The molecular formula is C64H68Cl2SiZr. The number of halogens is 2. The molecule has 0 amide bonds. The van der Waals surface area contributed by atoms with Crippen LogP contribution in [0.5, 0.6) is 0 Å². The third kappa shape index (κ3) is 9.99. The molecule has 2 radical (unpaired) electrons. The number of hydrogen-bond donors (Lipinski definition) is 0. The predicted molar refractivity (Wildman–Crippen MR) is 292 cm³/mol. The van der Waals surface area contributed by atoms with E-state index in [2.05, 4.69) is 159 Å². The van der Waals surface area contributed by atoms with Gasteiger partial charge in [-0.2, -0.15) is 12.1 Å². The summed E-state index contributed by atoms with van der Waals surface area (Å²) in [6, 6.07) is 56.4. The van der Waals surface area contributed by atoms with Crippen LogP contribution in [0.4, 0.5) is 0 Å². The standard InChI is InChI=1S/2C30H29.C4H10Si.2ClH.Zr/c2*1-2-5-25-15-27(9-8-24(25)4-1)28-7-3-6-26-13-23(14-29(26)28)19-30-16-20-10-21(17-30)12-22(11-20)18-30;1-3-4-5-2;;;/h2*1-9,13-15,20-22H,10-12,16-19H2;3-4H2,1-2H3;2*1H;/q2*-1;;;;+4/p-2. The Morgan fingerprint density at radius 2 is 0.853 bits per heavy atom. The van der Waals surface area contributed by atoms with Crippen molar-refractivity contribution in [2.75, 3.05) is 0 Å². The third-order valence-corrected chi connectivity index (χ3v) is 18.7. The van der Waals surface area contributed by atoms with Crippen molar-refractivity contribution >= 4 is 69.6 Å². The van der Waals surface area contributed by atoms with E-state index in [4.69, 9.17) is 17.0 Å². The van der Waals surface area contributed by atoms with E-state index in [1.807, 2.05) is 0 Å². The van der Waals surface area contributed by atoms with Gasteiger partial charge < -0.3 is 0 Å². The summed E-state index contributed by atoms with van der Waals surface area (Å²) < 4.78 is 0. The molecule has 4 heteroatoms. The number of benzene rings is 6. The largest absolute Gasteiger partial charge is 0.164 e. The molecule has 8 bridgehead atoms. The Kier molecular flexibility index (Phi) is 14.2. The first-order chi connectivity index (χ1) is 33.3. The minimum atomic E-state index is -0.826. The molecule has 0 heterocycles. The predicted octanol–water partition coefficient (Wildman–Crippen LogP) is 19.2. The Morgan fingerprint density at radius 1 is 0.485 bits per heavy atom. The Labute approximate surface area is 428 Å². The number of rotatable bonds is 8. The van der Waals surface area contributed by atoms with Crippen LogP contribution in [0, 0.1) is 46.3 Å². The van der Waals surface area contributed by atoms with Gasteiger partial charge in [0.1, 0.15) is 0 Å². The SMILES string of the molecule is CCC[Si]C.[Cl][Zr+2][Cl].c1ccc2cc(-c3cccc4[cH-]c(CC56CC7CC(CC(C7)C5)C6)cc34)ccc2c1.c1ccc2cc(-c3cccc4[cH-]c(CC56CC7CC(CC(C7)C5)C6)cc34)ccc2c1. The van der Waals surface area contributed by atoms with E-state index >= 15 is 0 Å². The first kappa shape index (κ1) is 47.1. The van der Waals surface area contributed by atoms with Crippen molar-refractivity contribution in [1.29, 1.82) is 0 Å². The summed E-state index contributed by atoms with van der Waals surface area (Å²) in [5, 5.41) is 11.0. The topological polar surface area (TPSA) is 0 Å². The van der Waals surface area contributed by atoms with Crippen molar-refractivity contribution in [3.05, 3.63) is 157 Å². The van der Waals surface area contributed by atoms with Gasteiger partial charge in [-0.05, 0) is 181 Å². The van der Waals surface area contributed by atoms with Crippen LogP contribution in [0.15, 0.2) is 146 Å². The summed E-state index contributed by atoms with van der Waals surface area (Å²) in [6.07, 6.45) is 22.2. The fourth-order valence-corrected chi connectivity index (χ4v) is 16.6. The molecule has 0 nitrogen and oxygen atoms in total. The van der Waals surface area contributed by atoms with Gasteiger partial charge in [0, 0.05) is 9.52 Å². The molecule has 0 aromatic heterocycles. The van der Waals surface area contributed by atoms with Gasteiger partial charge in [0.15, 0.2) is 0 Å². The Bertz CT molecular complexity index is 2730. The quantitative estimate of drug-likeness (QED) is 0.105. The van der Waals surface area contributed by atoms with Gasteiger partial charge in [0.25, 0.3) is 0 Å². The molecule has 8 aliphatic carbocycles. The average Bonchev–Trinajstić information content (AvgIpc) is 3.94. The summed E-state index contributed by atoms with van der Waals surface area (Å²) in [5.41, 5.74) is 9.84. The van der Waals surface area contributed by atoms with Gasteiger partial charge in [0.05, 0.1) is 0 Å². The van der Waals surface area contributed by atoms with E-state index in [0.717, 1.165) is 45.0 Å². The molecule has 16 rings (SSSR count). The van der Waals surface area contributed by atoms with Crippen LogP contribution in [0.1, 0.15) is 102 Å². The van der Waals surface area contributed by atoms with Crippen LogP contribution < -0.4 is 0 Å². The van der Waals surface area contributed by atoms with Gasteiger partial charge in [0.2, 0.25) is 0 Å². The minimum absolute atomic E-state index is 0.613. The molecule has 0 spiro atoms. The molecule has 0 atom stereocenters. The summed E-state index contributed by atoms with van der Waals surface area (Å²) in [5.74, 6) is 6.22. The zero-order chi connectivity index (χ0) is 46.2. The maximum absolute atomic E-state index is 4.93. The molecule has 0 saturated heterocycles. The summed E-state index contributed by atoms with van der Waals surface area (Å²) in [4.78, 5) is 0. The monoisotopic (exact) mass is 1020 g/mol. The molecule has 8 aromatic carbocycles. The van der Waals surface area contributed by atoms with Crippen LogP contribution in [-0.2, 0) is 33.7 Å². The Hall–Kier alpha value is -3.26. The zero-order valence-electron chi connectivity index (χ0n) is 40.4. The molecule has 0 N–H and O–H groups in total. The number of fused-ring (bicyclic) bond motifs is 4. The van der Waals surface area contributed by atoms with Crippen LogP contribution in [-0.4, -0.2) is 9.52 Å². The molecule has 346 valence electrons. The number of hydrogen-bond acceptors (Lipinski definition) is 0. The second-order valence-corrected chi connectivity index (χ2v) is 27.8. The first-order valence-corrected chi connectivity index (χ1v) is 34.3. The molecule has 0 unspecified atom stereocenters. The second kappa shape index (κ2) is 20.5. The molecular weight excluding hydrogens is 959 g/mol. The van der Waals surface area contributed by atoms with E-state index in [9.17, 15) is 0 Å². The third-order valence-electron chi connectivity index (χ3n) is 17.7. The minimum Gasteiger partial charge on any atom is -0.164 e. The zero-order valence-corrected chi connectivity index (χ0v) is 45.4. The van der Waals surface area contributed by atoms with Crippen molar-refractivity contribution in [1.82, 2.24) is 0 Å². The molecule has 8 saturated carbocycles. The molecule has 8 aromatic rings. The average molecular weight is 1030 g/mol. The van der Waals surface area contributed by atoms with Crippen LogP contribution >= 0.6 is 17.0 Å². The van der Waals surface area contributed by atoms with Gasteiger partial charge >= 0.3 is 37.9 Å². The maximum atomic E-state index is 4.93. The summed E-state index contributed by atoms with van der Waals surface area (Å²) in [7, 11) is 11.0. The summed E-state index contributed by atoms with van der Waals surface area (Å²) >= 11 is -0.826. The van der Waals surface area contributed by atoms with E-state index in [0.29, 0.717) is 10.8 Å². The Morgan fingerprint density at radius 3 is 1.19 bits per heavy atom. The van der Waals surface area contributed by atoms with Crippen molar-refractivity contribution in [2.45, 2.75) is 116 Å². The van der Waals surface area contributed by atoms with E-state index in [1.54, 1.807) is 11.1 Å². The van der Waals surface area contributed by atoms with E-state index in [1.165, 1.54) is 168 Å². The van der Waals surface area contributed by atoms with Gasteiger partial charge in [-0.15, -0.1) is 69.1 Å². The first-order valence-electron chi connectivity index (χ1n) is 26.3. The normalized spacial score (nSPS) is 27.1. The second-order valence-electron chi connectivity index (χ2n) is 22.8. The molecule has 8 fully saturated rings. The molecule has 8 aliphatic rings. The van der Waals surface area contributed by atoms with Crippen LogP contribution in [0.3, 0.4) is 0 Å². The molecule has 0 aliphatic heterocycles. The van der Waals surface area contributed by atoms with Gasteiger partial charge in [-0.1, -0.05) is 122 Å². The smallest absolute Gasteiger partial charge is 0.0178 e. The van der Waals surface area contributed by atoms with Gasteiger partial charge in [-0.3, -0.25) is 0 Å². The summed E-state index contributed by atoms with van der Waals surface area (Å²) in [6.45, 7) is 4.46. The Balaban J connectivity index is 0.000000129. The van der Waals surface area contributed by atoms with Crippen molar-refractivity contribution < 1.29 is 20.8 Å². The fourth-order valence-electron chi connectivity index (χ4n) is 16.1. The van der Waals surface area contributed by atoms with E-state index in [-0.39, 0.29) is 0 Å². The van der Waals surface area contributed by atoms with Crippen LogP contribution in [0.25, 0.3) is 65.3 Å².